The molecule has 7 heteroatoms. The van der Waals surface area contributed by atoms with Crippen molar-refractivity contribution in [3.8, 4) is 0 Å². The highest BCUT2D eigenvalue weighted by molar-refractivity contribution is 14.0. The summed E-state index contributed by atoms with van der Waals surface area (Å²) in [7, 11) is 2.07. The van der Waals surface area contributed by atoms with Gasteiger partial charge in [-0.25, -0.2) is 4.99 Å². The average Bonchev–Trinajstić information content (AvgIpc) is 3.19. The molecule has 0 saturated carbocycles. The Labute approximate surface area is 190 Å². The summed E-state index contributed by atoms with van der Waals surface area (Å²) in [6.45, 7) is 5.11. The van der Waals surface area contributed by atoms with E-state index < -0.39 is 0 Å². The van der Waals surface area contributed by atoms with Crippen LogP contribution in [0, 0.1) is 0 Å². The van der Waals surface area contributed by atoms with Crippen LogP contribution in [0.1, 0.15) is 23.9 Å². The standard InChI is InChI=1S/C22H28N6.HI/c1-3-21-26-25-18-28(21)15-14-23-22(24-16-19-10-6-4-7-11-19)27(2)17-20-12-8-5-9-13-20;/h4-13,18H,3,14-17H2,1-2H3,(H,23,24);1H. The van der Waals surface area contributed by atoms with E-state index in [9.17, 15) is 0 Å². The lowest BCUT2D eigenvalue weighted by Crippen LogP contribution is -2.40. The van der Waals surface area contributed by atoms with Crippen molar-refractivity contribution in [3.63, 3.8) is 0 Å². The van der Waals surface area contributed by atoms with E-state index in [1.165, 1.54) is 11.1 Å². The van der Waals surface area contributed by atoms with Gasteiger partial charge < -0.3 is 14.8 Å². The molecule has 0 atom stereocenters. The SMILES string of the molecule is CCc1nncn1CCNC(=NCc1ccccc1)N(C)Cc1ccccc1.I. The van der Waals surface area contributed by atoms with Crippen LogP contribution in [0.5, 0.6) is 0 Å². The minimum absolute atomic E-state index is 0. The molecule has 0 aliphatic rings. The van der Waals surface area contributed by atoms with E-state index in [2.05, 4.69) is 75.4 Å². The van der Waals surface area contributed by atoms with Crippen LogP contribution in [0.25, 0.3) is 0 Å². The Morgan fingerprint density at radius 1 is 1.03 bits per heavy atom. The molecule has 29 heavy (non-hydrogen) atoms. The summed E-state index contributed by atoms with van der Waals surface area (Å²) in [4.78, 5) is 7.00. The molecule has 0 saturated heterocycles. The van der Waals surface area contributed by atoms with Crippen molar-refractivity contribution in [2.24, 2.45) is 4.99 Å². The summed E-state index contributed by atoms with van der Waals surface area (Å²) in [5.74, 6) is 1.89. The lowest BCUT2D eigenvalue weighted by Gasteiger charge is -2.23. The Balaban J connectivity index is 0.00000300. The van der Waals surface area contributed by atoms with Gasteiger partial charge in [0.2, 0.25) is 0 Å². The van der Waals surface area contributed by atoms with E-state index >= 15 is 0 Å². The Morgan fingerprint density at radius 2 is 1.69 bits per heavy atom. The molecule has 3 aromatic rings. The molecule has 0 radical (unpaired) electrons. The number of benzene rings is 2. The Kier molecular flexibility index (Phi) is 9.63. The van der Waals surface area contributed by atoms with Crippen LogP contribution >= 0.6 is 24.0 Å². The zero-order valence-corrected chi connectivity index (χ0v) is 19.4. The molecule has 0 fully saturated rings. The molecule has 0 bridgehead atoms. The van der Waals surface area contributed by atoms with E-state index in [1.807, 2.05) is 24.3 Å². The zero-order chi connectivity index (χ0) is 19.6. The van der Waals surface area contributed by atoms with Crippen LogP contribution in [-0.2, 0) is 26.1 Å². The number of aliphatic imine (C=N–C) groups is 1. The van der Waals surface area contributed by atoms with Gasteiger partial charge in [0.1, 0.15) is 12.2 Å². The fraction of sp³-hybridized carbons (Fsp3) is 0.318. The lowest BCUT2D eigenvalue weighted by atomic mass is 10.2. The van der Waals surface area contributed by atoms with E-state index in [1.54, 1.807) is 6.33 Å². The van der Waals surface area contributed by atoms with Crippen LogP contribution in [0.4, 0.5) is 0 Å². The van der Waals surface area contributed by atoms with Crippen LogP contribution in [0.15, 0.2) is 72.0 Å². The number of nitrogens with zero attached hydrogens (tertiary/aromatic N) is 5. The lowest BCUT2D eigenvalue weighted by molar-refractivity contribution is 0.470. The smallest absolute Gasteiger partial charge is 0.194 e. The Bertz CT molecular complexity index is 863. The fourth-order valence-corrected chi connectivity index (χ4v) is 3.02. The van der Waals surface area contributed by atoms with Crippen molar-refractivity contribution < 1.29 is 0 Å². The second-order valence-electron chi connectivity index (χ2n) is 6.69. The van der Waals surface area contributed by atoms with Crippen LogP contribution in [-0.4, -0.2) is 39.2 Å². The molecule has 0 unspecified atom stereocenters. The first-order valence-corrected chi connectivity index (χ1v) is 9.70. The van der Waals surface area contributed by atoms with E-state index in [-0.39, 0.29) is 24.0 Å². The molecule has 6 nitrogen and oxygen atoms in total. The molecule has 1 N–H and O–H groups in total. The monoisotopic (exact) mass is 504 g/mol. The van der Waals surface area contributed by atoms with E-state index in [4.69, 9.17) is 4.99 Å². The second kappa shape index (κ2) is 12.2. The number of hydrogen-bond acceptors (Lipinski definition) is 3. The predicted octanol–water partition coefficient (Wildman–Crippen LogP) is 3.74. The first kappa shape index (κ1) is 22.9. The van der Waals surface area contributed by atoms with Gasteiger partial charge >= 0.3 is 0 Å². The largest absolute Gasteiger partial charge is 0.354 e. The maximum atomic E-state index is 4.84. The van der Waals surface area contributed by atoms with Gasteiger partial charge in [0.15, 0.2) is 5.96 Å². The molecular weight excluding hydrogens is 475 g/mol. The van der Waals surface area contributed by atoms with Crippen LogP contribution < -0.4 is 5.32 Å². The Hall–Kier alpha value is -2.42. The van der Waals surface area contributed by atoms with Crippen molar-refractivity contribution in [3.05, 3.63) is 83.9 Å². The van der Waals surface area contributed by atoms with Crippen molar-refractivity contribution in [2.45, 2.75) is 33.0 Å². The maximum Gasteiger partial charge on any atom is 0.194 e. The number of aryl methyl sites for hydroxylation is 1. The van der Waals surface area contributed by atoms with Gasteiger partial charge in [0.05, 0.1) is 6.54 Å². The van der Waals surface area contributed by atoms with Gasteiger partial charge in [0.25, 0.3) is 0 Å². The van der Waals surface area contributed by atoms with Crippen LogP contribution in [0.2, 0.25) is 0 Å². The molecular formula is C22H29IN6. The highest BCUT2D eigenvalue weighted by Crippen LogP contribution is 2.05. The number of hydrogen-bond donors (Lipinski definition) is 1. The molecule has 3 rings (SSSR count). The molecule has 1 heterocycles. The third kappa shape index (κ3) is 7.16. The molecule has 2 aromatic carbocycles. The minimum atomic E-state index is 0. The molecule has 0 aliphatic heterocycles. The number of guanidine groups is 1. The van der Waals surface area contributed by atoms with Gasteiger partial charge in [-0.1, -0.05) is 67.6 Å². The highest BCUT2D eigenvalue weighted by atomic mass is 127. The zero-order valence-electron chi connectivity index (χ0n) is 17.0. The molecule has 0 amide bonds. The van der Waals surface area contributed by atoms with Crippen molar-refractivity contribution in [1.82, 2.24) is 25.0 Å². The first-order valence-electron chi connectivity index (χ1n) is 9.70. The first-order chi connectivity index (χ1) is 13.8. The molecule has 0 spiro atoms. The summed E-state index contributed by atoms with van der Waals surface area (Å²) in [6.07, 6.45) is 2.66. The second-order valence-corrected chi connectivity index (χ2v) is 6.69. The van der Waals surface area contributed by atoms with Gasteiger partial charge in [-0.05, 0) is 11.1 Å². The molecule has 1 aromatic heterocycles. The quantitative estimate of drug-likeness (QED) is 0.289. The predicted molar refractivity (Wildman–Crippen MR) is 128 cm³/mol. The van der Waals surface area contributed by atoms with Crippen LogP contribution in [0.3, 0.4) is 0 Å². The number of aromatic nitrogens is 3. The average molecular weight is 504 g/mol. The van der Waals surface area contributed by atoms with Gasteiger partial charge in [0, 0.05) is 33.1 Å². The summed E-state index contributed by atoms with van der Waals surface area (Å²) in [5, 5.41) is 11.6. The van der Waals surface area contributed by atoms with Gasteiger partial charge in [-0.2, -0.15) is 0 Å². The minimum Gasteiger partial charge on any atom is -0.354 e. The number of nitrogens with one attached hydrogen (secondary N) is 1. The number of rotatable bonds is 8. The normalized spacial score (nSPS) is 11.0. The number of halogens is 1. The highest BCUT2D eigenvalue weighted by Gasteiger charge is 2.08. The van der Waals surface area contributed by atoms with E-state index in [0.29, 0.717) is 6.54 Å². The summed E-state index contributed by atoms with van der Waals surface area (Å²) < 4.78 is 2.08. The van der Waals surface area contributed by atoms with E-state index in [0.717, 1.165) is 37.8 Å². The topological polar surface area (TPSA) is 58.3 Å². The molecule has 154 valence electrons. The summed E-state index contributed by atoms with van der Waals surface area (Å²) in [6, 6.07) is 20.8. The molecule has 0 aliphatic carbocycles. The maximum absolute atomic E-state index is 4.84. The fourth-order valence-electron chi connectivity index (χ4n) is 3.02. The third-order valence-electron chi connectivity index (χ3n) is 4.53. The van der Waals surface area contributed by atoms with Crippen molar-refractivity contribution in [2.75, 3.05) is 13.6 Å². The Morgan fingerprint density at radius 3 is 2.34 bits per heavy atom. The summed E-state index contributed by atoms with van der Waals surface area (Å²) >= 11 is 0. The summed E-state index contributed by atoms with van der Waals surface area (Å²) in [5.41, 5.74) is 2.45. The van der Waals surface area contributed by atoms with Crippen molar-refractivity contribution in [1.29, 1.82) is 0 Å². The third-order valence-corrected chi connectivity index (χ3v) is 4.53. The van der Waals surface area contributed by atoms with Crippen molar-refractivity contribution >= 4 is 29.9 Å². The van der Waals surface area contributed by atoms with Gasteiger partial charge in [-0.15, -0.1) is 34.2 Å². The van der Waals surface area contributed by atoms with Gasteiger partial charge in [-0.3, -0.25) is 0 Å².